The van der Waals surface area contributed by atoms with Crippen molar-refractivity contribution in [2.45, 2.75) is 38.5 Å². The maximum absolute atomic E-state index is 10.9. The van der Waals surface area contributed by atoms with Gasteiger partial charge in [0.25, 0.3) is 0 Å². The van der Waals surface area contributed by atoms with Crippen molar-refractivity contribution in [2.75, 3.05) is 6.54 Å². The van der Waals surface area contributed by atoms with Gasteiger partial charge >= 0.3 is 5.97 Å². The van der Waals surface area contributed by atoms with Crippen LogP contribution in [0, 0.1) is 0 Å². The molecule has 0 amide bonds. The summed E-state index contributed by atoms with van der Waals surface area (Å²) < 4.78 is 0. The van der Waals surface area contributed by atoms with Crippen molar-refractivity contribution in [3.8, 4) is 0 Å². The molecule has 5 heteroatoms. The Morgan fingerprint density at radius 3 is 2.85 bits per heavy atom. The molecule has 2 N–H and O–H groups in total. The molecule has 1 heterocycles. The summed E-state index contributed by atoms with van der Waals surface area (Å²) in [7, 11) is 0. The Hall–Kier alpha value is -0.650. The average molecular weight is 189 g/mol. The molecule has 76 valence electrons. The van der Waals surface area contributed by atoms with Crippen LogP contribution < -0.4 is 0 Å². The van der Waals surface area contributed by atoms with Gasteiger partial charge in [0, 0.05) is 6.42 Å². The molecule has 0 aromatic rings. The van der Waals surface area contributed by atoms with Gasteiger partial charge in [0.15, 0.2) is 0 Å². The maximum atomic E-state index is 10.9. The molecular formula is C8H15NO4. The van der Waals surface area contributed by atoms with E-state index in [9.17, 15) is 15.0 Å². The van der Waals surface area contributed by atoms with Crippen molar-refractivity contribution in [1.82, 2.24) is 5.06 Å². The summed E-state index contributed by atoms with van der Waals surface area (Å²) >= 11 is 0. The first-order chi connectivity index (χ1) is 6.13. The highest BCUT2D eigenvalue weighted by Crippen LogP contribution is 2.15. The average Bonchev–Trinajstić information content (AvgIpc) is 2.11. The SMILES string of the molecule is CCC(=O)ON1CC(O)CC[C@H]1O. The van der Waals surface area contributed by atoms with Gasteiger partial charge in [-0.3, -0.25) is 4.79 Å². The van der Waals surface area contributed by atoms with Crippen molar-refractivity contribution >= 4 is 5.97 Å². The molecule has 1 fully saturated rings. The standard InChI is InChI=1S/C8H15NO4/c1-2-8(12)13-9-5-6(10)3-4-7(9)11/h6-7,10-11H,2-5H2,1H3/t6?,7-/m1/s1. The summed E-state index contributed by atoms with van der Waals surface area (Å²) in [5, 5.41) is 19.7. The molecule has 0 aromatic carbocycles. The Morgan fingerprint density at radius 2 is 2.23 bits per heavy atom. The van der Waals surface area contributed by atoms with Crippen LogP contribution in [0.15, 0.2) is 0 Å². The van der Waals surface area contributed by atoms with Crippen LogP contribution >= 0.6 is 0 Å². The smallest absolute Gasteiger partial charge is 0.324 e. The zero-order valence-corrected chi connectivity index (χ0v) is 7.64. The van der Waals surface area contributed by atoms with E-state index in [0.717, 1.165) is 5.06 Å². The van der Waals surface area contributed by atoms with Gasteiger partial charge in [-0.1, -0.05) is 6.92 Å². The van der Waals surface area contributed by atoms with E-state index < -0.39 is 18.3 Å². The number of hydrogen-bond acceptors (Lipinski definition) is 5. The molecule has 0 aromatic heterocycles. The number of aliphatic hydroxyl groups is 2. The van der Waals surface area contributed by atoms with Gasteiger partial charge in [0.05, 0.1) is 12.6 Å². The Morgan fingerprint density at radius 1 is 1.54 bits per heavy atom. The van der Waals surface area contributed by atoms with Crippen LogP contribution in [0.1, 0.15) is 26.2 Å². The summed E-state index contributed by atoms with van der Waals surface area (Å²) in [4.78, 5) is 15.7. The summed E-state index contributed by atoms with van der Waals surface area (Å²) in [5.41, 5.74) is 0. The van der Waals surface area contributed by atoms with Crippen molar-refractivity contribution in [3.05, 3.63) is 0 Å². The third-order valence-electron chi connectivity index (χ3n) is 1.99. The van der Waals surface area contributed by atoms with E-state index >= 15 is 0 Å². The van der Waals surface area contributed by atoms with E-state index in [2.05, 4.69) is 0 Å². The summed E-state index contributed by atoms with van der Waals surface area (Å²) in [6.07, 6.45) is -0.0642. The molecule has 0 saturated carbocycles. The highest BCUT2D eigenvalue weighted by molar-refractivity contribution is 5.68. The lowest BCUT2D eigenvalue weighted by Gasteiger charge is -2.32. The predicted octanol–water partition coefficient (Wildman–Crippen LogP) is -0.370. The van der Waals surface area contributed by atoms with E-state index in [-0.39, 0.29) is 13.0 Å². The third-order valence-corrected chi connectivity index (χ3v) is 1.99. The fraction of sp³-hybridized carbons (Fsp3) is 0.875. The van der Waals surface area contributed by atoms with Crippen LogP contribution in [0.3, 0.4) is 0 Å². The fourth-order valence-electron chi connectivity index (χ4n) is 1.20. The number of piperidine rings is 1. The Labute approximate surface area is 76.9 Å². The molecule has 1 rings (SSSR count). The maximum Gasteiger partial charge on any atom is 0.324 e. The van der Waals surface area contributed by atoms with Crippen molar-refractivity contribution in [2.24, 2.45) is 0 Å². The zero-order valence-electron chi connectivity index (χ0n) is 7.64. The highest BCUT2D eigenvalue weighted by atomic mass is 16.7. The first-order valence-electron chi connectivity index (χ1n) is 4.47. The minimum Gasteiger partial charge on any atom is -0.392 e. The van der Waals surface area contributed by atoms with Crippen molar-refractivity contribution in [1.29, 1.82) is 0 Å². The minimum absolute atomic E-state index is 0.187. The molecule has 0 bridgehead atoms. The molecule has 0 aliphatic carbocycles. The number of hydrogen-bond donors (Lipinski definition) is 2. The van der Waals surface area contributed by atoms with Gasteiger partial charge in [0.1, 0.15) is 6.23 Å². The first kappa shape index (κ1) is 10.4. The molecule has 13 heavy (non-hydrogen) atoms. The van der Waals surface area contributed by atoms with Crippen LogP contribution in [0.25, 0.3) is 0 Å². The van der Waals surface area contributed by atoms with Gasteiger partial charge in [-0.25, -0.2) is 0 Å². The third kappa shape index (κ3) is 2.95. The lowest BCUT2D eigenvalue weighted by Crippen LogP contribution is -2.46. The lowest BCUT2D eigenvalue weighted by molar-refractivity contribution is -0.253. The minimum atomic E-state index is -0.779. The number of aliphatic hydroxyl groups excluding tert-OH is 2. The predicted molar refractivity (Wildman–Crippen MR) is 44.3 cm³/mol. The van der Waals surface area contributed by atoms with Crippen LogP contribution in [0.4, 0.5) is 0 Å². The van der Waals surface area contributed by atoms with Gasteiger partial charge in [-0.15, -0.1) is 5.06 Å². The summed E-state index contributed by atoms with van der Waals surface area (Å²) in [5.74, 6) is -0.395. The van der Waals surface area contributed by atoms with Crippen LogP contribution in [0.2, 0.25) is 0 Å². The number of carbonyl (C=O) groups excluding carboxylic acids is 1. The van der Waals surface area contributed by atoms with Crippen LogP contribution in [0.5, 0.6) is 0 Å². The topological polar surface area (TPSA) is 70.0 Å². The highest BCUT2D eigenvalue weighted by Gasteiger charge is 2.28. The zero-order chi connectivity index (χ0) is 9.84. The first-order valence-corrected chi connectivity index (χ1v) is 4.47. The Balaban J connectivity index is 2.41. The second kappa shape index (κ2) is 4.55. The monoisotopic (exact) mass is 189 g/mol. The number of hydroxylamine groups is 2. The van der Waals surface area contributed by atoms with Gasteiger partial charge in [-0.2, -0.15) is 0 Å². The van der Waals surface area contributed by atoms with Gasteiger partial charge in [0.2, 0.25) is 0 Å². The fourth-order valence-corrected chi connectivity index (χ4v) is 1.20. The Bertz CT molecular complexity index is 185. The second-order valence-electron chi connectivity index (χ2n) is 3.13. The van der Waals surface area contributed by atoms with E-state index in [0.29, 0.717) is 12.8 Å². The van der Waals surface area contributed by atoms with Crippen LogP contribution in [-0.4, -0.2) is 40.1 Å². The molecule has 2 atom stereocenters. The van der Waals surface area contributed by atoms with E-state index in [4.69, 9.17) is 4.84 Å². The van der Waals surface area contributed by atoms with E-state index in [1.165, 1.54) is 0 Å². The largest absolute Gasteiger partial charge is 0.392 e. The molecular weight excluding hydrogens is 174 g/mol. The van der Waals surface area contributed by atoms with Gasteiger partial charge in [-0.05, 0) is 12.8 Å². The second-order valence-corrected chi connectivity index (χ2v) is 3.13. The quantitative estimate of drug-likeness (QED) is 0.620. The van der Waals surface area contributed by atoms with Crippen molar-refractivity contribution in [3.63, 3.8) is 0 Å². The summed E-state index contributed by atoms with van der Waals surface area (Å²) in [6, 6.07) is 0. The molecule has 0 spiro atoms. The van der Waals surface area contributed by atoms with E-state index in [1.54, 1.807) is 6.92 Å². The molecule has 1 saturated heterocycles. The number of rotatable bonds is 2. The summed E-state index contributed by atoms with van der Waals surface area (Å²) in [6.45, 7) is 1.86. The molecule has 5 nitrogen and oxygen atoms in total. The number of nitrogens with zero attached hydrogens (tertiary/aromatic N) is 1. The Kier molecular flexibility index (Phi) is 3.65. The van der Waals surface area contributed by atoms with E-state index in [1.807, 2.05) is 0 Å². The number of β-amino-alcohol motifs (C(OH)–C–C–N with tert-alkyl or cyclic N) is 1. The van der Waals surface area contributed by atoms with Crippen LogP contribution in [-0.2, 0) is 9.63 Å². The molecule has 1 aliphatic heterocycles. The molecule has 1 unspecified atom stereocenters. The van der Waals surface area contributed by atoms with Crippen molar-refractivity contribution < 1.29 is 19.8 Å². The molecule has 0 radical (unpaired) electrons. The normalized spacial score (nSPS) is 30.1. The lowest BCUT2D eigenvalue weighted by atomic mass is 10.1. The van der Waals surface area contributed by atoms with Gasteiger partial charge < -0.3 is 15.1 Å². The molecule has 1 aliphatic rings. The number of carbonyl (C=O) groups is 1.